The van der Waals surface area contributed by atoms with Crippen LogP contribution in [0.4, 0.5) is 0 Å². The van der Waals surface area contributed by atoms with E-state index in [0.717, 1.165) is 18.9 Å². The molecule has 0 aromatic heterocycles. The van der Waals surface area contributed by atoms with Gasteiger partial charge in [-0.2, -0.15) is 0 Å². The second-order valence-corrected chi connectivity index (χ2v) is 11.7. The summed E-state index contributed by atoms with van der Waals surface area (Å²) in [6, 6.07) is 0. The van der Waals surface area contributed by atoms with Gasteiger partial charge in [0, 0.05) is 11.6 Å². The van der Waals surface area contributed by atoms with Crippen molar-refractivity contribution in [3.05, 3.63) is 24.8 Å². The fourth-order valence-electron chi connectivity index (χ4n) is 5.11. The molecule has 0 aliphatic heterocycles. The highest BCUT2D eigenvalue weighted by Crippen LogP contribution is 2.16. The molecule has 0 rings (SSSR count). The third-order valence-electron chi connectivity index (χ3n) is 7.81. The van der Waals surface area contributed by atoms with Crippen molar-refractivity contribution >= 4 is 11.9 Å². The lowest BCUT2D eigenvalue weighted by atomic mass is 10.0. The van der Waals surface area contributed by atoms with E-state index in [1.165, 1.54) is 167 Å². The van der Waals surface area contributed by atoms with Crippen molar-refractivity contribution in [1.82, 2.24) is 0 Å². The number of carbonyl (C=O) groups is 2. The van der Waals surface area contributed by atoms with Gasteiger partial charge in [-0.1, -0.05) is 193 Å². The lowest BCUT2D eigenvalue weighted by Gasteiger charge is -2.04. The Balaban J connectivity index is 0. The minimum Gasteiger partial charge on any atom is -0.478 e. The molecule has 0 heterocycles. The molecule has 0 spiro atoms. The first kappa shape index (κ1) is 40.6. The van der Waals surface area contributed by atoms with Crippen LogP contribution >= 0.6 is 0 Å². The fourth-order valence-corrected chi connectivity index (χ4v) is 5.11. The van der Waals surface area contributed by atoms with Gasteiger partial charge in [-0.15, -0.1) is 0 Å². The molecule has 0 aromatic carbocycles. The van der Waals surface area contributed by atoms with Gasteiger partial charge in [-0.3, -0.25) is 0 Å². The average Bonchev–Trinajstić information content (AvgIpc) is 2.94. The maximum absolute atomic E-state index is 10.7. The van der Waals surface area contributed by atoms with Crippen LogP contribution in [0.2, 0.25) is 0 Å². The maximum Gasteiger partial charge on any atom is 0.330 e. The monoisotopic (exact) mass is 565 g/mol. The minimum atomic E-state index is -0.981. The quantitative estimate of drug-likeness (QED) is 0.0648. The molecule has 236 valence electrons. The summed E-state index contributed by atoms with van der Waals surface area (Å²) in [5, 5.41) is 16.4. The first-order valence-electron chi connectivity index (χ1n) is 17.2. The minimum absolute atomic E-state index is 0.361. The first-order chi connectivity index (χ1) is 19.5. The summed E-state index contributed by atoms with van der Waals surface area (Å²) in [6.45, 7) is 8.85. The lowest BCUT2D eigenvalue weighted by Crippen LogP contribution is -1.98. The van der Waals surface area contributed by atoms with Crippen molar-refractivity contribution in [1.29, 1.82) is 0 Å². The molecule has 4 heteroatoms. The topological polar surface area (TPSA) is 74.6 Å². The van der Waals surface area contributed by atoms with E-state index < -0.39 is 11.9 Å². The van der Waals surface area contributed by atoms with Crippen molar-refractivity contribution in [3.63, 3.8) is 0 Å². The third kappa shape index (κ3) is 38.6. The molecule has 0 saturated heterocycles. The molecule has 4 nitrogen and oxygen atoms in total. The number of carboxylic acids is 2. The lowest BCUT2D eigenvalue weighted by molar-refractivity contribution is -0.133. The summed E-state index contributed by atoms with van der Waals surface area (Å²) >= 11 is 0. The average molecular weight is 565 g/mol. The number of rotatable bonds is 31. The normalized spacial score (nSPS) is 10.6. The standard InChI is InChI=1S/C33H64O2.C3H4O2/c1-3-4-5-6-7-8-9-10-11-12-13-14-15-16-17-18-19-20-21-22-23-24-25-26-27-28-29-30-31-32(2)33(34)35;1-2-3(4)5/h2-31H2,1H3,(H,34,35);2H,1H2,(H,4,5). The highest BCUT2D eigenvalue weighted by molar-refractivity contribution is 5.85. The molecular weight excluding hydrogens is 496 g/mol. The molecule has 0 amide bonds. The van der Waals surface area contributed by atoms with Gasteiger partial charge in [-0.25, -0.2) is 9.59 Å². The summed E-state index contributed by atoms with van der Waals surface area (Å²) in [4.78, 5) is 19.9. The van der Waals surface area contributed by atoms with Crippen LogP contribution in [0.25, 0.3) is 0 Å². The van der Waals surface area contributed by atoms with Crippen LogP contribution in [-0.2, 0) is 9.59 Å². The summed E-state index contributed by atoms with van der Waals surface area (Å²) in [6.07, 6.45) is 40.8. The van der Waals surface area contributed by atoms with Crippen molar-refractivity contribution < 1.29 is 19.8 Å². The van der Waals surface area contributed by atoms with Gasteiger partial charge in [-0.05, 0) is 12.8 Å². The van der Waals surface area contributed by atoms with Gasteiger partial charge < -0.3 is 10.2 Å². The Kier molecular flexibility index (Phi) is 35.9. The SMILES string of the molecule is C=C(CCCCCCCCCCCCCCCCCCCCCCCCCCCCCC)C(=O)O.C=CC(=O)O. The summed E-state index contributed by atoms with van der Waals surface area (Å²) in [5.41, 5.74) is 0.361. The molecular formula is C36H68O4. The van der Waals surface area contributed by atoms with Crippen molar-refractivity contribution in [2.24, 2.45) is 0 Å². The first-order valence-corrected chi connectivity index (χ1v) is 17.2. The molecule has 0 atom stereocenters. The summed E-state index contributed by atoms with van der Waals surface area (Å²) in [5.74, 6) is -1.82. The van der Waals surface area contributed by atoms with E-state index in [9.17, 15) is 9.59 Å². The van der Waals surface area contributed by atoms with Gasteiger partial charge in [0.15, 0.2) is 0 Å². The van der Waals surface area contributed by atoms with Gasteiger partial charge in [0.05, 0.1) is 0 Å². The van der Waals surface area contributed by atoms with Crippen LogP contribution in [0, 0.1) is 0 Å². The van der Waals surface area contributed by atoms with Crippen molar-refractivity contribution in [2.45, 2.75) is 193 Å². The van der Waals surface area contributed by atoms with E-state index in [2.05, 4.69) is 20.1 Å². The zero-order valence-corrected chi connectivity index (χ0v) is 26.7. The predicted molar refractivity (Wildman–Crippen MR) is 174 cm³/mol. The Morgan fingerprint density at radius 1 is 0.475 bits per heavy atom. The molecule has 40 heavy (non-hydrogen) atoms. The second-order valence-electron chi connectivity index (χ2n) is 11.7. The number of carboxylic acid groups (broad SMARTS) is 2. The Morgan fingerprint density at radius 2 is 0.675 bits per heavy atom. The van der Waals surface area contributed by atoms with E-state index in [1.807, 2.05) is 0 Å². The van der Waals surface area contributed by atoms with Crippen LogP contribution in [0.1, 0.15) is 193 Å². The fraction of sp³-hybridized carbons (Fsp3) is 0.833. The summed E-state index contributed by atoms with van der Waals surface area (Å²) in [7, 11) is 0. The van der Waals surface area contributed by atoms with Crippen LogP contribution in [0.5, 0.6) is 0 Å². The van der Waals surface area contributed by atoms with Crippen LogP contribution in [-0.4, -0.2) is 22.2 Å². The van der Waals surface area contributed by atoms with Gasteiger partial charge in [0.2, 0.25) is 0 Å². The number of unbranched alkanes of at least 4 members (excludes halogenated alkanes) is 27. The molecule has 0 radical (unpaired) electrons. The van der Waals surface area contributed by atoms with Crippen molar-refractivity contribution in [2.75, 3.05) is 0 Å². The molecule has 0 unspecified atom stereocenters. The summed E-state index contributed by atoms with van der Waals surface area (Å²) < 4.78 is 0. The van der Waals surface area contributed by atoms with Crippen molar-refractivity contribution in [3.8, 4) is 0 Å². The van der Waals surface area contributed by atoms with E-state index in [1.54, 1.807) is 0 Å². The number of hydrogen-bond donors (Lipinski definition) is 2. The van der Waals surface area contributed by atoms with Crippen LogP contribution in [0.15, 0.2) is 24.8 Å². The Hall–Kier alpha value is -1.58. The zero-order chi connectivity index (χ0) is 29.9. The molecule has 2 N–H and O–H groups in total. The molecule has 0 aliphatic rings. The van der Waals surface area contributed by atoms with E-state index in [-0.39, 0.29) is 0 Å². The highest BCUT2D eigenvalue weighted by atomic mass is 16.4. The van der Waals surface area contributed by atoms with E-state index >= 15 is 0 Å². The smallest absolute Gasteiger partial charge is 0.330 e. The number of aliphatic carboxylic acids is 2. The maximum atomic E-state index is 10.7. The Morgan fingerprint density at radius 3 is 0.850 bits per heavy atom. The molecule has 0 bridgehead atoms. The van der Waals surface area contributed by atoms with Gasteiger partial charge >= 0.3 is 11.9 Å². The molecule has 0 fully saturated rings. The molecule has 0 aliphatic carbocycles. The third-order valence-corrected chi connectivity index (χ3v) is 7.81. The highest BCUT2D eigenvalue weighted by Gasteiger charge is 2.02. The van der Waals surface area contributed by atoms with Crippen LogP contribution in [0.3, 0.4) is 0 Å². The predicted octanol–water partition coefficient (Wildman–Crippen LogP) is 12.2. The molecule has 0 saturated carbocycles. The Bertz CT molecular complexity index is 569. The van der Waals surface area contributed by atoms with Crippen LogP contribution < -0.4 is 0 Å². The van der Waals surface area contributed by atoms with E-state index in [0.29, 0.717) is 12.0 Å². The van der Waals surface area contributed by atoms with Gasteiger partial charge in [0.25, 0.3) is 0 Å². The van der Waals surface area contributed by atoms with Gasteiger partial charge in [0.1, 0.15) is 0 Å². The second kappa shape index (κ2) is 35.4. The Labute approximate surface area is 249 Å². The molecule has 0 aromatic rings. The largest absolute Gasteiger partial charge is 0.478 e. The number of hydrogen-bond acceptors (Lipinski definition) is 2. The zero-order valence-electron chi connectivity index (χ0n) is 26.7. The van der Waals surface area contributed by atoms with E-state index in [4.69, 9.17) is 10.2 Å².